The molecule has 0 radical (unpaired) electrons. The summed E-state index contributed by atoms with van der Waals surface area (Å²) in [5, 5.41) is 1.73. The molecule has 0 saturated carbocycles. The van der Waals surface area contributed by atoms with E-state index in [2.05, 4.69) is 0 Å². The maximum absolute atomic E-state index is 12.7. The Morgan fingerprint density at radius 3 is 2.20 bits per heavy atom. The molecule has 0 aliphatic heterocycles. The van der Waals surface area contributed by atoms with Crippen molar-refractivity contribution in [1.29, 1.82) is 0 Å². The van der Waals surface area contributed by atoms with Crippen molar-refractivity contribution in [3.63, 3.8) is 0 Å². The van der Waals surface area contributed by atoms with Gasteiger partial charge in [-0.05, 0) is 61.7 Å². The Hall–Kier alpha value is -2.84. The second-order valence-corrected chi connectivity index (χ2v) is 10.0. The molecule has 3 rings (SSSR count). The summed E-state index contributed by atoms with van der Waals surface area (Å²) in [6, 6.07) is 19.3. The Labute approximate surface area is 181 Å². The summed E-state index contributed by atoms with van der Waals surface area (Å²) in [4.78, 5) is 14.4. The molecule has 1 amide bonds. The highest BCUT2D eigenvalue weighted by Crippen LogP contribution is 2.26. The summed E-state index contributed by atoms with van der Waals surface area (Å²) < 4.78 is 32.4. The average molecular weight is 445 g/mol. The van der Waals surface area contributed by atoms with E-state index in [-0.39, 0.29) is 22.8 Å². The molecule has 0 saturated heterocycles. The molecule has 0 bridgehead atoms. The molecule has 3 aromatic rings. The number of para-hydroxylation sites is 1. The van der Waals surface area contributed by atoms with E-state index >= 15 is 0 Å². The van der Waals surface area contributed by atoms with E-state index in [0.717, 1.165) is 5.69 Å². The Morgan fingerprint density at radius 2 is 1.63 bits per heavy atom. The van der Waals surface area contributed by atoms with Crippen molar-refractivity contribution < 1.29 is 17.9 Å². The maximum Gasteiger partial charge on any atom is 0.273 e. The molecule has 0 aliphatic carbocycles. The minimum atomic E-state index is -3.59. The number of ether oxygens (including phenoxy) is 1. The largest absolute Gasteiger partial charge is 0.484 e. The van der Waals surface area contributed by atoms with Gasteiger partial charge in [-0.25, -0.2) is 8.42 Å². The highest BCUT2D eigenvalue weighted by molar-refractivity contribution is 7.94. The molecule has 0 N–H and O–H groups in total. The summed E-state index contributed by atoms with van der Waals surface area (Å²) >= 11 is 1.17. The molecule has 2 aromatic carbocycles. The molecule has 8 heteroatoms. The van der Waals surface area contributed by atoms with E-state index in [1.165, 1.54) is 22.7 Å². The van der Waals surface area contributed by atoms with Crippen LogP contribution in [0.2, 0.25) is 0 Å². The lowest BCUT2D eigenvalue weighted by molar-refractivity contribution is -0.120. The zero-order valence-corrected chi connectivity index (χ0v) is 18.7. The Bertz CT molecular complexity index is 1060. The average Bonchev–Trinajstić information content (AvgIpc) is 3.28. The fraction of sp³-hybridized carbons (Fsp3) is 0.227. The van der Waals surface area contributed by atoms with Crippen molar-refractivity contribution in [2.45, 2.75) is 24.1 Å². The number of carbonyl (C=O) groups excluding carboxylic acids is 1. The standard InChI is InChI=1S/C22H24N2O4S2/c1-17(2)24(19-8-5-4-6-9-19)21(25)16-28-20-13-11-18(12-14-20)23(3)30(26,27)22-10-7-15-29-22/h4-15,17H,16H2,1-3H3. The van der Waals surface area contributed by atoms with Gasteiger partial charge in [0.1, 0.15) is 9.96 Å². The third-order valence-electron chi connectivity index (χ3n) is 4.49. The number of rotatable bonds is 8. The quantitative estimate of drug-likeness (QED) is 0.517. The van der Waals surface area contributed by atoms with Crippen LogP contribution in [-0.4, -0.2) is 34.0 Å². The normalized spacial score (nSPS) is 11.3. The van der Waals surface area contributed by atoms with Crippen LogP contribution in [0.5, 0.6) is 5.75 Å². The van der Waals surface area contributed by atoms with Crippen LogP contribution >= 0.6 is 11.3 Å². The fourth-order valence-electron chi connectivity index (χ4n) is 2.97. The van der Waals surface area contributed by atoms with Gasteiger partial charge in [0.25, 0.3) is 15.9 Å². The lowest BCUT2D eigenvalue weighted by Crippen LogP contribution is -2.40. The van der Waals surface area contributed by atoms with Gasteiger partial charge in [0.2, 0.25) is 0 Å². The minimum Gasteiger partial charge on any atom is -0.484 e. The zero-order chi connectivity index (χ0) is 21.7. The van der Waals surface area contributed by atoms with Gasteiger partial charge in [-0.2, -0.15) is 0 Å². The van der Waals surface area contributed by atoms with Gasteiger partial charge >= 0.3 is 0 Å². The molecule has 1 heterocycles. The Morgan fingerprint density at radius 1 is 0.967 bits per heavy atom. The molecule has 0 atom stereocenters. The number of anilines is 2. The molecular weight excluding hydrogens is 420 g/mol. The molecular formula is C22H24N2O4S2. The van der Waals surface area contributed by atoms with Crippen LogP contribution in [0.15, 0.2) is 76.3 Å². The van der Waals surface area contributed by atoms with E-state index in [4.69, 9.17) is 4.74 Å². The van der Waals surface area contributed by atoms with E-state index in [1.807, 2.05) is 44.2 Å². The van der Waals surface area contributed by atoms with Crippen molar-refractivity contribution in [3.8, 4) is 5.75 Å². The first-order valence-electron chi connectivity index (χ1n) is 9.43. The lowest BCUT2D eigenvalue weighted by atomic mass is 10.2. The van der Waals surface area contributed by atoms with E-state index in [1.54, 1.807) is 46.7 Å². The smallest absolute Gasteiger partial charge is 0.273 e. The first-order valence-corrected chi connectivity index (χ1v) is 11.7. The van der Waals surface area contributed by atoms with Gasteiger partial charge < -0.3 is 9.64 Å². The van der Waals surface area contributed by atoms with Crippen molar-refractivity contribution in [2.24, 2.45) is 0 Å². The predicted octanol–water partition coefficient (Wildman–Crippen LogP) is 4.39. The van der Waals surface area contributed by atoms with E-state index < -0.39 is 10.0 Å². The van der Waals surface area contributed by atoms with Crippen LogP contribution < -0.4 is 13.9 Å². The number of amides is 1. The number of carbonyl (C=O) groups is 1. The van der Waals surface area contributed by atoms with Gasteiger partial charge in [-0.1, -0.05) is 24.3 Å². The summed E-state index contributed by atoms with van der Waals surface area (Å²) in [5.74, 6) is 0.337. The number of benzene rings is 2. The lowest BCUT2D eigenvalue weighted by Gasteiger charge is -2.27. The van der Waals surface area contributed by atoms with Crippen LogP contribution in [0.3, 0.4) is 0 Å². The molecule has 30 heavy (non-hydrogen) atoms. The van der Waals surface area contributed by atoms with E-state index in [0.29, 0.717) is 11.4 Å². The molecule has 0 spiro atoms. The highest BCUT2D eigenvalue weighted by Gasteiger charge is 2.22. The van der Waals surface area contributed by atoms with Gasteiger partial charge in [-0.3, -0.25) is 9.10 Å². The van der Waals surface area contributed by atoms with Gasteiger partial charge in [0.15, 0.2) is 6.61 Å². The summed E-state index contributed by atoms with van der Waals surface area (Å²) in [6.07, 6.45) is 0. The second kappa shape index (κ2) is 9.32. The Kier molecular flexibility index (Phi) is 6.79. The maximum atomic E-state index is 12.7. The van der Waals surface area contributed by atoms with Crippen molar-refractivity contribution in [1.82, 2.24) is 0 Å². The first-order chi connectivity index (χ1) is 14.3. The summed E-state index contributed by atoms with van der Waals surface area (Å²) in [7, 11) is -2.08. The molecule has 0 fully saturated rings. The molecule has 1 aromatic heterocycles. The van der Waals surface area contributed by atoms with Gasteiger partial charge in [-0.15, -0.1) is 11.3 Å². The molecule has 0 unspecified atom stereocenters. The minimum absolute atomic E-state index is 0.0121. The van der Waals surface area contributed by atoms with Gasteiger partial charge in [0.05, 0.1) is 5.69 Å². The monoisotopic (exact) mass is 444 g/mol. The number of thiophene rings is 1. The van der Waals surface area contributed by atoms with Crippen molar-refractivity contribution in [2.75, 3.05) is 22.9 Å². The molecule has 6 nitrogen and oxygen atoms in total. The SMILES string of the molecule is CC(C)N(C(=O)COc1ccc(N(C)S(=O)(=O)c2cccs2)cc1)c1ccccc1. The van der Waals surface area contributed by atoms with Crippen LogP contribution in [0, 0.1) is 0 Å². The van der Waals surface area contributed by atoms with Crippen LogP contribution in [0.1, 0.15) is 13.8 Å². The third-order valence-corrected chi connectivity index (χ3v) is 7.65. The molecule has 158 valence electrons. The van der Waals surface area contributed by atoms with Crippen molar-refractivity contribution >= 4 is 38.6 Å². The number of sulfonamides is 1. The second-order valence-electron chi connectivity index (χ2n) is 6.88. The Balaban J connectivity index is 1.66. The highest BCUT2D eigenvalue weighted by atomic mass is 32.2. The van der Waals surface area contributed by atoms with Crippen LogP contribution in [0.25, 0.3) is 0 Å². The van der Waals surface area contributed by atoms with Crippen LogP contribution in [0.4, 0.5) is 11.4 Å². The van der Waals surface area contributed by atoms with E-state index in [9.17, 15) is 13.2 Å². The van der Waals surface area contributed by atoms with Crippen LogP contribution in [-0.2, 0) is 14.8 Å². The number of hydrogen-bond donors (Lipinski definition) is 0. The zero-order valence-electron chi connectivity index (χ0n) is 17.1. The number of nitrogens with zero attached hydrogens (tertiary/aromatic N) is 2. The summed E-state index contributed by atoms with van der Waals surface area (Å²) in [5.41, 5.74) is 1.33. The third kappa shape index (κ3) is 4.83. The molecule has 0 aliphatic rings. The first kappa shape index (κ1) is 21.9. The van der Waals surface area contributed by atoms with Crippen molar-refractivity contribution in [3.05, 3.63) is 72.1 Å². The predicted molar refractivity (Wildman–Crippen MR) is 121 cm³/mol. The fourth-order valence-corrected chi connectivity index (χ4v) is 5.33. The van der Waals surface area contributed by atoms with Gasteiger partial charge in [0, 0.05) is 18.8 Å². The topological polar surface area (TPSA) is 66.9 Å². The number of hydrogen-bond acceptors (Lipinski definition) is 5. The summed E-state index contributed by atoms with van der Waals surface area (Å²) in [6.45, 7) is 3.78.